The van der Waals surface area contributed by atoms with Crippen LogP contribution in [0.15, 0.2) is 11.6 Å². The summed E-state index contributed by atoms with van der Waals surface area (Å²) in [5.74, 6) is 2.95. The fraction of sp³-hybridized carbons (Fsp3) is 0.333. The fourth-order valence-corrected chi connectivity index (χ4v) is 0.406. The number of hydrogen-bond acceptors (Lipinski definition) is 0. The normalized spacial score (nSPS) is 10.7. The van der Waals surface area contributed by atoms with E-state index in [1.807, 2.05) is 6.92 Å². The second kappa shape index (κ2) is 3.77. The van der Waals surface area contributed by atoms with Crippen LogP contribution in [0, 0.1) is 12.3 Å². The zero-order valence-corrected chi connectivity index (χ0v) is 5.00. The molecule has 38 valence electrons. The molecule has 0 N–H and O–H groups in total. The molecule has 0 aromatic heterocycles. The van der Waals surface area contributed by atoms with E-state index in [1.165, 1.54) is 0 Å². The standard InChI is InChI=1S/C6H7Cl/c1-3-6(2)4-5-7/h1,4H,5H2,2H3/b6-4-. The largest absolute Gasteiger partial charge is 0.122 e. The van der Waals surface area contributed by atoms with Crippen molar-refractivity contribution < 1.29 is 0 Å². The molecular formula is C6H7Cl. The Morgan fingerprint density at radius 3 is 2.71 bits per heavy atom. The van der Waals surface area contributed by atoms with E-state index in [9.17, 15) is 0 Å². The monoisotopic (exact) mass is 114 g/mol. The minimum Gasteiger partial charge on any atom is -0.122 e. The van der Waals surface area contributed by atoms with E-state index in [4.69, 9.17) is 18.0 Å². The summed E-state index contributed by atoms with van der Waals surface area (Å²) in [5.41, 5.74) is 0.898. The van der Waals surface area contributed by atoms with Crippen LogP contribution in [0.25, 0.3) is 0 Å². The maximum atomic E-state index is 5.30. The van der Waals surface area contributed by atoms with E-state index in [0.717, 1.165) is 5.57 Å². The molecule has 7 heavy (non-hydrogen) atoms. The zero-order valence-electron chi connectivity index (χ0n) is 4.24. The number of halogens is 1. The molecule has 0 saturated carbocycles. The average Bonchev–Trinajstić information content (AvgIpc) is 1.68. The van der Waals surface area contributed by atoms with E-state index < -0.39 is 0 Å². The van der Waals surface area contributed by atoms with Crippen LogP contribution in [0.3, 0.4) is 0 Å². The lowest BCUT2D eigenvalue weighted by atomic mass is 10.3. The van der Waals surface area contributed by atoms with Crippen LogP contribution in [-0.2, 0) is 0 Å². The Bertz CT molecular complexity index is 106. The molecule has 0 fully saturated rings. The van der Waals surface area contributed by atoms with Crippen LogP contribution >= 0.6 is 11.6 Å². The Balaban J connectivity index is 3.57. The molecule has 0 radical (unpaired) electrons. The van der Waals surface area contributed by atoms with Gasteiger partial charge in [0.1, 0.15) is 0 Å². The number of rotatable bonds is 1. The zero-order chi connectivity index (χ0) is 5.70. The highest BCUT2D eigenvalue weighted by molar-refractivity contribution is 6.18. The third-order valence-electron chi connectivity index (χ3n) is 0.611. The van der Waals surface area contributed by atoms with Gasteiger partial charge in [-0.15, -0.1) is 18.0 Å². The predicted octanol–water partition coefficient (Wildman–Crippen LogP) is 1.80. The molecule has 0 rings (SSSR count). The molecule has 1 heteroatoms. The molecule has 0 nitrogen and oxygen atoms in total. The van der Waals surface area contributed by atoms with Crippen LogP contribution in [0.5, 0.6) is 0 Å². The van der Waals surface area contributed by atoms with Gasteiger partial charge >= 0.3 is 0 Å². The first-order valence-electron chi connectivity index (χ1n) is 2.00. The van der Waals surface area contributed by atoms with Crippen molar-refractivity contribution in [1.29, 1.82) is 0 Å². The Labute approximate surface area is 49.2 Å². The Morgan fingerprint density at radius 2 is 2.57 bits per heavy atom. The van der Waals surface area contributed by atoms with Crippen LogP contribution in [0.4, 0.5) is 0 Å². The maximum Gasteiger partial charge on any atom is 0.0415 e. The van der Waals surface area contributed by atoms with Crippen molar-refractivity contribution in [2.45, 2.75) is 6.92 Å². The van der Waals surface area contributed by atoms with E-state index >= 15 is 0 Å². The molecule has 0 aliphatic carbocycles. The first kappa shape index (κ1) is 6.59. The van der Waals surface area contributed by atoms with Gasteiger partial charge in [-0.1, -0.05) is 12.0 Å². The van der Waals surface area contributed by atoms with Crippen molar-refractivity contribution in [3.8, 4) is 12.3 Å². The van der Waals surface area contributed by atoms with E-state index in [-0.39, 0.29) is 0 Å². The summed E-state index contributed by atoms with van der Waals surface area (Å²) >= 11 is 5.30. The van der Waals surface area contributed by atoms with Crippen LogP contribution in [-0.4, -0.2) is 5.88 Å². The lowest BCUT2D eigenvalue weighted by Gasteiger charge is -1.78. The van der Waals surface area contributed by atoms with E-state index in [1.54, 1.807) is 6.08 Å². The van der Waals surface area contributed by atoms with Gasteiger partial charge in [-0.3, -0.25) is 0 Å². The summed E-state index contributed by atoms with van der Waals surface area (Å²) in [6, 6.07) is 0. The van der Waals surface area contributed by atoms with Crippen molar-refractivity contribution in [1.82, 2.24) is 0 Å². The summed E-state index contributed by atoms with van der Waals surface area (Å²) in [4.78, 5) is 0. The lowest BCUT2D eigenvalue weighted by molar-refractivity contribution is 1.53. The molecule has 0 atom stereocenters. The highest BCUT2D eigenvalue weighted by atomic mass is 35.5. The molecule has 0 saturated heterocycles. The summed E-state index contributed by atoms with van der Waals surface area (Å²) in [5, 5.41) is 0. The highest BCUT2D eigenvalue weighted by Crippen LogP contribution is 1.88. The van der Waals surface area contributed by atoms with Gasteiger partial charge in [-0.05, 0) is 12.5 Å². The Hall–Kier alpha value is -0.410. The Kier molecular flexibility index (Phi) is 3.55. The van der Waals surface area contributed by atoms with Gasteiger partial charge < -0.3 is 0 Å². The minimum absolute atomic E-state index is 0.510. The van der Waals surface area contributed by atoms with E-state index in [0.29, 0.717) is 5.88 Å². The summed E-state index contributed by atoms with van der Waals surface area (Å²) < 4.78 is 0. The van der Waals surface area contributed by atoms with Crippen LogP contribution < -0.4 is 0 Å². The first-order chi connectivity index (χ1) is 3.31. The molecule has 0 aliphatic rings. The summed E-state index contributed by atoms with van der Waals surface area (Å²) in [6.45, 7) is 1.85. The predicted molar refractivity (Wildman–Crippen MR) is 33.3 cm³/mol. The molecule has 0 bridgehead atoms. The molecule has 0 heterocycles. The van der Waals surface area contributed by atoms with Gasteiger partial charge in [-0.25, -0.2) is 0 Å². The number of terminal acetylenes is 1. The van der Waals surface area contributed by atoms with Crippen molar-refractivity contribution in [2.75, 3.05) is 5.88 Å². The van der Waals surface area contributed by atoms with Crippen molar-refractivity contribution in [3.05, 3.63) is 11.6 Å². The van der Waals surface area contributed by atoms with Crippen molar-refractivity contribution in [3.63, 3.8) is 0 Å². The third-order valence-corrected chi connectivity index (χ3v) is 0.765. The second-order valence-corrected chi connectivity index (χ2v) is 1.49. The van der Waals surface area contributed by atoms with Crippen molar-refractivity contribution in [2.24, 2.45) is 0 Å². The van der Waals surface area contributed by atoms with Crippen LogP contribution in [0.1, 0.15) is 6.92 Å². The molecule has 0 aliphatic heterocycles. The summed E-state index contributed by atoms with van der Waals surface area (Å²) in [7, 11) is 0. The first-order valence-corrected chi connectivity index (χ1v) is 2.54. The lowest BCUT2D eigenvalue weighted by Crippen LogP contribution is -1.66. The van der Waals surface area contributed by atoms with Crippen LogP contribution in [0.2, 0.25) is 0 Å². The second-order valence-electron chi connectivity index (χ2n) is 1.19. The maximum absolute atomic E-state index is 5.30. The minimum atomic E-state index is 0.510. The van der Waals surface area contributed by atoms with Gasteiger partial charge in [0.2, 0.25) is 0 Å². The van der Waals surface area contributed by atoms with Gasteiger partial charge in [0.15, 0.2) is 0 Å². The molecule has 0 aromatic rings. The number of hydrogen-bond donors (Lipinski definition) is 0. The quantitative estimate of drug-likeness (QED) is 0.360. The molecule has 0 unspecified atom stereocenters. The molecular weight excluding hydrogens is 108 g/mol. The highest BCUT2D eigenvalue weighted by Gasteiger charge is 1.73. The number of alkyl halides is 1. The smallest absolute Gasteiger partial charge is 0.0415 e. The molecule has 0 spiro atoms. The van der Waals surface area contributed by atoms with Gasteiger partial charge in [0.25, 0.3) is 0 Å². The SMILES string of the molecule is C#C/C(C)=C\CCl. The van der Waals surface area contributed by atoms with E-state index in [2.05, 4.69) is 5.92 Å². The molecule has 0 aromatic carbocycles. The third kappa shape index (κ3) is 3.42. The van der Waals surface area contributed by atoms with Gasteiger partial charge in [0, 0.05) is 5.88 Å². The Morgan fingerprint density at radius 1 is 2.00 bits per heavy atom. The topological polar surface area (TPSA) is 0 Å². The average molecular weight is 115 g/mol. The van der Waals surface area contributed by atoms with Crippen molar-refractivity contribution >= 4 is 11.6 Å². The van der Waals surface area contributed by atoms with Gasteiger partial charge in [0.05, 0.1) is 0 Å². The number of allylic oxidation sites excluding steroid dienone is 2. The van der Waals surface area contributed by atoms with Gasteiger partial charge in [-0.2, -0.15) is 0 Å². The summed E-state index contributed by atoms with van der Waals surface area (Å²) in [6.07, 6.45) is 6.77. The molecule has 0 amide bonds. The fourth-order valence-electron chi connectivity index (χ4n) is 0.175.